The van der Waals surface area contributed by atoms with E-state index in [1.54, 1.807) is 18.2 Å². The first kappa shape index (κ1) is 16.2. The number of H-pyrrole nitrogens is 1. The van der Waals surface area contributed by atoms with E-state index in [0.29, 0.717) is 6.42 Å². The van der Waals surface area contributed by atoms with Gasteiger partial charge in [0.15, 0.2) is 0 Å². The van der Waals surface area contributed by atoms with E-state index in [1.165, 1.54) is 12.1 Å². The highest BCUT2D eigenvalue weighted by Crippen LogP contribution is 2.30. The van der Waals surface area contributed by atoms with E-state index in [2.05, 4.69) is 4.98 Å². The Hall–Kier alpha value is -2.14. The molecule has 0 aliphatic carbocycles. The number of rotatable bonds is 2. The second kappa shape index (κ2) is 5.93. The fraction of sp³-hybridized carbons (Fsp3) is 0.125. The van der Waals surface area contributed by atoms with E-state index in [9.17, 15) is 18.3 Å². The van der Waals surface area contributed by atoms with Gasteiger partial charge in [-0.2, -0.15) is 13.2 Å². The van der Waals surface area contributed by atoms with Crippen molar-refractivity contribution in [1.82, 2.24) is 4.98 Å². The molecule has 116 valence electrons. The minimum absolute atomic E-state index is 0. The van der Waals surface area contributed by atoms with Crippen LogP contribution in [-0.2, 0) is 12.6 Å². The summed E-state index contributed by atoms with van der Waals surface area (Å²) in [5, 5.41) is 10.4. The Labute approximate surface area is 131 Å². The van der Waals surface area contributed by atoms with Crippen LogP contribution in [-0.4, -0.2) is 10.1 Å². The number of phenolic OH excluding ortho intramolecular Hbond substituents is 1. The SMILES string of the molecule is Cl.Oc1ccc2c(Cc3ccc(C(F)(F)F)cc3)c[nH]c2c1. The zero-order valence-corrected chi connectivity index (χ0v) is 12.1. The van der Waals surface area contributed by atoms with Gasteiger partial charge in [0.25, 0.3) is 0 Å². The van der Waals surface area contributed by atoms with Crippen LogP contribution < -0.4 is 0 Å². The zero-order valence-electron chi connectivity index (χ0n) is 11.3. The van der Waals surface area contributed by atoms with Gasteiger partial charge in [0, 0.05) is 23.2 Å². The summed E-state index contributed by atoms with van der Waals surface area (Å²) in [4.78, 5) is 3.04. The van der Waals surface area contributed by atoms with Crippen LogP contribution in [0.4, 0.5) is 13.2 Å². The number of hydrogen-bond donors (Lipinski definition) is 2. The summed E-state index contributed by atoms with van der Waals surface area (Å²) in [5.74, 6) is 0.172. The predicted molar refractivity (Wildman–Crippen MR) is 81.5 cm³/mol. The Bertz CT molecular complexity index is 778. The van der Waals surface area contributed by atoms with Gasteiger partial charge in [-0.05, 0) is 41.8 Å². The zero-order chi connectivity index (χ0) is 15.0. The Balaban J connectivity index is 0.00000176. The number of aromatic nitrogens is 1. The molecule has 0 saturated carbocycles. The van der Waals surface area contributed by atoms with Gasteiger partial charge in [0.05, 0.1) is 5.56 Å². The molecule has 0 fully saturated rings. The van der Waals surface area contributed by atoms with Crippen LogP contribution in [0.2, 0.25) is 0 Å². The maximum Gasteiger partial charge on any atom is 0.416 e. The first-order chi connectivity index (χ1) is 9.93. The molecule has 0 atom stereocenters. The van der Waals surface area contributed by atoms with Gasteiger partial charge in [-0.15, -0.1) is 12.4 Å². The van der Waals surface area contributed by atoms with Gasteiger partial charge in [-0.3, -0.25) is 0 Å². The number of aromatic hydroxyl groups is 1. The summed E-state index contributed by atoms with van der Waals surface area (Å²) in [6.07, 6.45) is -1.97. The largest absolute Gasteiger partial charge is 0.508 e. The molecule has 0 aliphatic rings. The van der Waals surface area contributed by atoms with Gasteiger partial charge in [0.1, 0.15) is 5.75 Å². The molecular formula is C16H13ClF3NO. The van der Waals surface area contributed by atoms with E-state index in [4.69, 9.17) is 0 Å². The summed E-state index contributed by atoms with van der Waals surface area (Å²) in [5.41, 5.74) is 1.94. The van der Waals surface area contributed by atoms with Crippen molar-refractivity contribution < 1.29 is 18.3 Å². The number of fused-ring (bicyclic) bond motifs is 1. The van der Waals surface area contributed by atoms with E-state index < -0.39 is 11.7 Å². The van der Waals surface area contributed by atoms with Gasteiger partial charge >= 0.3 is 6.18 Å². The Morgan fingerprint density at radius 2 is 1.68 bits per heavy atom. The number of aromatic amines is 1. The molecular weight excluding hydrogens is 315 g/mol. The molecule has 22 heavy (non-hydrogen) atoms. The molecule has 0 radical (unpaired) electrons. The van der Waals surface area contributed by atoms with Crippen molar-refractivity contribution in [3.8, 4) is 5.75 Å². The lowest BCUT2D eigenvalue weighted by molar-refractivity contribution is -0.137. The summed E-state index contributed by atoms with van der Waals surface area (Å²) >= 11 is 0. The molecule has 2 aromatic carbocycles. The first-order valence-electron chi connectivity index (χ1n) is 6.38. The fourth-order valence-electron chi connectivity index (χ4n) is 2.35. The quantitative estimate of drug-likeness (QED) is 0.689. The van der Waals surface area contributed by atoms with E-state index in [1.807, 2.05) is 6.20 Å². The highest BCUT2D eigenvalue weighted by atomic mass is 35.5. The second-order valence-corrected chi connectivity index (χ2v) is 4.92. The fourth-order valence-corrected chi connectivity index (χ4v) is 2.35. The van der Waals surface area contributed by atoms with E-state index >= 15 is 0 Å². The van der Waals surface area contributed by atoms with Crippen LogP contribution in [0.5, 0.6) is 5.75 Å². The van der Waals surface area contributed by atoms with E-state index in [0.717, 1.165) is 34.2 Å². The molecule has 1 aromatic heterocycles. The lowest BCUT2D eigenvalue weighted by Gasteiger charge is -2.07. The molecule has 1 heterocycles. The van der Waals surface area contributed by atoms with E-state index in [-0.39, 0.29) is 18.2 Å². The molecule has 6 heteroatoms. The van der Waals surface area contributed by atoms with Crippen molar-refractivity contribution in [2.75, 3.05) is 0 Å². The van der Waals surface area contributed by atoms with Gasteiger partial charge in [-0.25, -0.2) is 0 Å². The Morgan fingerprint density at radius 1 is 1.00 bits per heavy atom. The summed E-state index contributed by atoms with van der Waals surface area (Å²) in [6.45, 7) is 0. The molecule has 3 rings (SSSR count). The van der Waals surface area contributed by atoms with Crippen molar-refractivity contribution in [3.05, 3.63) is 65.4 Å². The van der Waals surface area contributed by atoms with Crippen LogP contribution in [0.3, 0.4) is 0 Å². The van der Waals surface area contributed by atoms with Crippen molar-refractivity contribution in [1.29, 1.82) is 0 Å². The maximum atomic E-state index is 12.5. The molecule has 0 amide bonds. The standard InChI is InChI=1S/C16H12F3NO.ClH/c17-16(18,19)12-3-1-10(2-4-12)7-11-9-20-15-8-13(21)5-6-14(11)15;/h1-6,8-9,20-21H,7H2;1H. The normalized spacial score (nSPS) is 11.4. The molecule has 0 aliphatic heterocycles. The van der Waals surface area contributed by atoms with Gasteiger partial charge in [0.2, 0.25) is 0 Å². The van der Waals surface area contributed by atoms with Crippen molar-refractivity contribution in [2.24, 2.45) is 0 Å². The lowest BCUT2D eigenvalue weighted by Crippen LogP contribution is -2.04. The topological polar surface area (TPSA) is 36.0 Å². The Morgan fingerprint density at radius 3 is 2.32 bits per heavy atom. The number of nitrogens with one attached hydrogen (secondary N) is 1. The highest BCUT2D eigenvalue weighted by molar-refractivity contribution is 5.85. The predicted octanol–water partition coefficient (Wildman–Crippen LogP) is 4.90. The smallest absolute Gasteiger partial charge is 0.416 e. The third-order valence-corrected chi connectivity index (χ3v) is 3.43. The molecule has 2 nitrogen and oxygen atoms in total. The molecule has 0 spiro atoms. The average Bonchev–Trinajstić information content (AvgIpc) is 2.80. The number of alkyl halides is 3. The third kappa shape index (κ3) is 3.20. The molecule has 0 bridgehead atoms. The summed E-state index contributed by atoms with van der Waals surface area (Å²) in [6, 6.07) is 10.2. The number of benzene rings is 2. The minimum atomic E-state index is -4.31. The third-order valence-electron chi connectivity index (χ3n) is 3.43. The number of phenols is 1. The van der Waals surface area contributed by atoms with Gasteiger partial charge in [-0.1, -0.05) is 12.1 Å². The summed E-state index contributed by atoms with van der Waals surface area (Å²) < 4.78 is 37.5. The van der Waals surface area contributed by atoms with Crippen LogP contribution in [0.15, 0.2) is 48.7 Å². The highest BCUT2D eigenvalue weighted by Gasteiger charge is 2.29. The molecule has 0 unspecified atom stereocenters. The molecule has 0 saturated heterocycles. The Kier molecular flexibility index (Phi) is 4.37. The van der Waals surface area contributed by atoms with Crippen molar-refractivity contribution in [3.63, 3.8) is 0 Å². The molecule has 3 aromatic rings. The van der Waals surface area contributed by atoms with Crippen LogP contribution >= 0.6 is 12.4 Å². The van der Waals surface area contributed by atoms with Crippen LogP contribution in [0.25, 0.3) is 10.9 Å². The second-order valence-electron chi connectivity index (χ2n) is 4.92. The molecule has 2 N–H and O–H groups in total. The summed E-state index contributed by atoms with van der Waals surface area (Å²) in [7, 11) is 0. The van der Waals surface area contributed by atoms with Crippen LogP contribution in [0.1, 0.15) is 16.7 Å². The number of halogens is 4. The average molecular weight is 328 g/mol. The van der Waals surface area contributed by atoms with Crippen molar-refractivity contribution >= 4 is 23.3 Å². The first-order valence-corrected chi connectivity index (χ1v) is 6.38. The monoisotopic (exact) mass is 327 g/mol. The maximum absolute atomic E-state index is 12.5. The van der Waals surface area contributed by atoms with Crippen molar-refractivity contribution in [2.45, 2.75) is 12.6 Å². The van der Waals surface area contributed by atoms with Gasteiger partial charge < -0.3 is 10.1 Å². The minimum Gasteiger partial charge on any atom is -0.508 e. The van der Waals surface area contributed by atoms with Crippen LogP contribution in [0, 0.1) is 0 Å². The lowest BCUT2D eigenvalue weighted by atomic mass is 10.0. The number of hydrogen-bond acceptors (Lipinski definition) is 1.